The Morgan fingerprint density at radius 3 is 2.59 bits per heavy atom. The molecule has 0 heterocycles. The van der Waals surface area contributed by atoms with Crippen LogP contribution >= 0.6 is 0 Å². The van der Waals surface area contributed by atoms with Crippen molar-refractivity contribution in [2.24, 2.45) is 0 Å². The van der Waals surface area contributed by atoms with Crippen molar-refractivity contribution in [3.05, 3.63) is 23.8 Å². The first-order chi connectivity index (χ1) is 8.33. The molecule has 0 radical (unpaired) electrons. The first-order valence-electron chi connectivity index (χ1n) is 5.84. The Balaban J connectivity index is 2.55. The predicted molar refractivity (Wildman–Crippen MR) is 65.3 cm³/mol. The molecule has 0 aliphatic heterocycles. The second kappa shape index (κ2) is 7.92. The summed E-state index contributed by atoms with van der Waals surface area (Å²) in [5, 5.41) is 17.9. The van der Waals surface area contributed by atoms with E-state index in [1.54, 1.807) is 7.11 Å². The molecule has 0 amide bonds. The van der Waals surface area contributed by atoms with Crippen molar-refractivity contribution in [1.29, 1.82) is 0 Å². The lowest BCUT2D eigenvalue weighted by atomic mass is 10.2. The lowest BCUT2D eigenvalue weighted by molar-refractivity contribution is 0.244. The monoisotopic (exact) mass is 240 g/mol. The average Bonchev–Trinajstić information content (AvgIpc) is 2.38. The number of hydrogen-bond acceptors (Lipinski definition) is 4. The Bertz CT molecular complexity index is 303. The molecule has 17 heavy (non-hydrogen) atoms. The van der Waals surface area contributed by atoms with Crippen LogP contribution in [0.25, 0.3) is 0 Å². The Kier molecular flexibility index (Phi) is 6.43. The second-order valence-corrected chi connectivity index (χ2v) is 3.74. The van der Waals surface area contributed by atoms with Crippen molar-refractivity contribution in [1.82, 2.24) is 0 Å². The van der Waals surface area contributed by atoms with Crippen LogP contribution in [0.2, 0.25) is 0 Å². The van der Waals surface area contributed by atoms with Crippen molar-refractivity contribution < 1.29 is 19.7 Å². The number of hydrogen-bond donors (Lipinski definition) is 2. The zero-order chi connectivity index (χ0) is 12.5. The summed E-state index contributed by atoms with van der Waals surface area (Å²) in [5.41, 5.74) is 0.728. The summed E-state index contributed by atoms with van der Waals surface area (Å²) in [6.07, 6.45) is 2.60. The molecule has 2 N–H and O–H groups in total. The van der Waals surface area contributed by atoms with Crippen LogP contribution in [0.4, 0.5) is 0 Å². The average molecular weight is 240 g/mol. The molecule has 1 rings (SSSR count). The molecule has 4 nitrogen and oxygen atoms in total. The van der Waals surface area contributed by atoms with Crippen LogP contribution in [-0.4, -0.2) is 30.5 Å². The number of benzene rings is 1. The molecule has 0 unspecified atom stereocenters. The quantitative estimate of drug-likeness (QED) is 0.679. The van der Waals surface area contributed by atoms with Gasteiger partial charge in [0.05, 0.1) is 20.3 Å². The maximum atomic E-state index is 9.21. The number of methoxy groups -OCH3 is 1. The molecule has 1 aromatic carbocycles. The van der Waals surface area contributed by atoms with Gasteiger partial charge in [0.15, 0.2) is 11.5 Å². The van der Waals surface area contributed by atoms with Gasteiger partial charge in [-0.1, -0.05) is 12.1 Å². The van der Waals surface area contributed by atoms with Crippen molar-refractivity contribution in [3.63, 3.8) is 0 Å². The van der Waals surface area contributed by atoms with E-state index in [2.05, 4.69) is 0 Å². The first-order valence-corrected chi connectivity index (χ1v) is 5.84. The smallest absolute Gasteiger partial charge is 0.166 e. The van der Waals surface area contributed by atoms with E-state index in [4.69, 9.17) is 14.6 Å². The molecule has 0 aromatic heterocycles. The van der Waals surface area contributed by atoms with Crippen molar-refractivity contribution >= 4 is 0 Å². The van der Waals surface area contributed by atoms with Crippen molar-refractivity contribution in [2.45, 2.75) is 25.9 Å². The Labute approximate surface area is 102 Å². The summed E-state index contributed by atoms with van der Waals surface area (Å²) in [4.78, 5) is 0. The zero-order valence-electron chi connectivity index (χ0n) is 10.2. The van der Waals surface area contributed by atoms with E-state index in [1.165, 1.54) is 0 Å². The van der Waals surface area contributed by atoms with Gasteiger partial charge in [-0.25, -0.2) is 0 Å². The van der Waals surface area contributed by atoms with E-state index in [0.29, 0.717) is 18.1 Å². The fraction of sp³-hybridized carbons (Fsp3) is 0.538. The van der Waals surface area contributed by atoms with Crippen LogP contribution in [-0.2, 0) is 6.61 Å². The topological polar surface area (TPSA) is 58.9 Å². The largest absolute Gasteiger partial charge is 0.493 e. The molecule has 1 aromatic rings. The number of unbranched alkanes of at least 4 members (excludes halogenated alkanes) is 2. The van der Waals surface area contributed by atoms with Gasteiger partial charge >= 0.3 is 0 Å². The van der Waals surface area contributed by atoms with E-state index in [1.807, 2.05) is 18.2 Å². The molecule has 0 spiro atoms. The number of aliphatic hydroxyl groups excluding tert-OH is 2. The van der Waals surface area contributed by atoms with Crippen molar-refractivity contribution in [2.75, 3.05) is 20.3 Å². The summed E-state index contributed by atoms with van der Waals surface area (Å²) in [5.74, 6) is 1.25. The van der Waals surface area contributed by atoms with Gasteiger partial charge in [-0.2, -0.15) is 0 Å². The SMILES string of the molecule is COc1cccc(CO)c1OCCCCCO. The minimum atomic E-state index is -0.0663. The third kappa shape index (κ3) is 4.24. The summed E-state index contributed by atoms with van der Waals surface area (Å²) in [7, 11) is 1.58. The normalized spacial score (nSPS) is 10.3. The highest BCUT2D eigenvalue weighted by Gasteiger charge is 2.09. The van der Waals surface area contributed by atoms with E-state index in [-0.39, 0.29) is 13.2 Å². The van der Waals surface area contributed by atoms with E-state index in [9.17, 15) is 5.11 Å². The summed E-state index contributed by atoms with van der Waals surface area (Å²) in [6, 6.07) is 5.44. The van der Waals surface area contributed by atoms with Gasteiger partial charge in [0.2, 0.25) is 0 Å². The van der Waals surface area contributed by atoms with Crippen molar-refractivity contribution in [3.8, 4) is 11.5 Å². The summed E-state index contributed by atoms with van der Waals surface area (Å²) < 4.78 is 10.8. The molecule has 0 aliphatic rings. The summed E-state index contributed by atoms with van der Waals surface area (Å²) in [6.45, 7) is 0.715. The Hall–Kier alpha value is -1.26. The Morgan fingerprint density at radius 2 is 1.94 bits per heavy atom. The highest BCUT2D eigenvalue weighted by atomic mass is 16.5. The van der Waals surface area contributed by atoms with Crippen LogP contribution in [0.15, 0.2) is 18.2 Å². The fourth-order valence-electron chi connectivity index (χ4n) is 1.58. The third-order valence-electron chi connectivity index (χ3n) is 2.50. The van der Waals surface area contributed by atoms with E-state index in [0.717, 1.165) is 24.8 Å². The standard InChI is InChI=1S/C13H20O4/c1-16-12-7-5-6-11(10-15)13(12)17-9-4-2-3-8-14/h5-7,14-15H,2-4,8-10H2,1H3. The zero-order valence-corrected chi connectivity index (χ0v) is 10.2. The highest BCUT2D eigenvalue weighted by Crippen LogP contribution is 2.31. The molecule has 0 saturated heterocycles. The lowest BCUT2D eigenvalue weighted by Gasteiger charge is -2.13. The highest BCUT2D eigenvalue weighted by molar-refractivity contribution is 5.46. The predicted octanol–water partition coefficient (Wildman–Crippen LogP) is 1.73. The van der Waals surface area contributed by atoms with Crippen LogP contribution in [0, 0.1) is 0 Å². The maximum absolute atomic E-state index is 9.21. The molecule has 0 saturated carbocycles. The number of para-hydroxylation sites is 1. The lowest BCUT2D eigenvalue weighted by Crippen LogP contribution is -2.02. The van der Waals surface area contributed by atoms with Gasteiger partial charge < -0.3 is 19.7 Å². The molecular formula is C13H20O4. The van der Waals surface area contributed by atoms with Crippen LogP contribution in [0.5, 0.6) is 11.5 Å². The molecule has 0 bridgehead atoms. The second-order valence-electron chi connectivity index (χ2n) is 3.74. The van der Waals surface area contributed by atoms with Gasteiger partial charge in [0.1, 0.15) is 0 Å². The van der Waals surface area contributed by atoms with Gasteiger partial charge in [-0.3, -0.25) is 0 Å². The number of ether oxygens (including phenoxy) is 2. The van der Waals surface area contributed by atoms with E-state index >= 15 is 0 Å². The first kappa shape index (κ1) is 13.8. The molecule has 96 valence electrons. The van der Waals surface area contributed by atoms with Gasteiger partial charge in [0.25, 0.3) is 0 Å². The maximum Gasteiger partial charge on any atom is 0.166 e. The third-order valence-corrected chi connectivity index (χ3v) is 2.50. The van der Waals surface area contributed by atoms with Gasteiger partial charge in [-0.05, 0) is 25.3 Å². The Morgan fingerprint density at radius 1 is 1.12 bits per heavy atom. The van der Waals surface area contributed by atoms with Crippen LogP contribution in [0.1, 0.15) is 24.8 Å². The molecule has 4 heteroatoms. The summed E-state index contributed by atoms with van der Waals surface area (Å²) >= 11 is 0. The van der Waals surface area contributed by atoms with Gasteiger partial charge in [0, 0.05) is 12.2 Å². The van der Waals surface area contributed by atoms with Crippen LogP contribution in [0.3, 0.4) is 0 Å². The van der Waals surface area contributed by atoms with Gasteiger partial charge in [-0.15, -0.1) is 0 Å². The molecular weight excluding hydrogens is 220 g/mol. The minimum Gasteiger partial charge on any atom is -0.493 e. The molecule has 0 aliphatic carbocycles. The molecule has 0 fully saturated rings. The number of rotatable bonds is 8. The minimum absolute atomic E-state index is 0.0663. The number of aliphatic hydroxyl groups is 2. The molecule has 0 atom stereocenters. The van der Waals surface area contributed by atoms with Crippen LogP contribution < -0.4 is 9.47 Å². The fourth-order valence-corrected chi connectivity index (χ4v) is 1.58. The van der Waals surface area contributed by atoms with E-state index < -0.39 is 0 Å².